The largest absolute Gasteiger partial charge is 0.487 e. The predicted molar refractivity (Wildman–Crippen MR) is 151 cm³/mol. The summed E-state index contributed by atoms with van der Waals surface area (Å²) in [6, 6.07) is 21.9. The molecule has 3 aromatic carbocycles. The van der Waals surface area contributed by atoms with Crippen LogP contribution in [0.2, 0.25) is 13.6 Å². The molecule has 0 saturated carbocycles. The van der Waals surface area contributed by atoms with Crippen molar-refractivity contribution in [2.75, 3.05) is 14.2 Å². The third-order valence-electron chi connectivity index (χ3n) is 7.84. The van der Waals surface area contributed by atoms with Gasteiger partial charge in [0, 0.05) is 35.0 Å². The molecule has 0 radical (unpaired) electrons. The lowest BCUT2D eigenvalue weighted by molar-refractivity contribution is 1.07. The second-order valence-electron chi connectivity index (χ2n) is 9.99. The van der Waals surface area contributed by atoms with Gasteiger partial charge in [-0.25, -0.2) is 4.98 Å². The van der Waals surface area contributed by atoms with Crippen LogP contribution in [0.1, 0.15) is 22.3 Å². The Hall–Kier alpha value is -3.54. The number of nitrogens with zero attached hydrogens (tertiary/aromatic N) is 5. The molecule has 8 heteroatoms. The summed E-state index contributed by atoms with van der Waals surface area (Å²) in [7, 11) is -0.0206. The van der Waals surface area contributed by atoms with Crippen molar-refractivity contribution >= 4 is 38.1 Å². The molecule has 6 rings (SSSR count). The first-order valence-electron chi connectivity index (χ1n) is 12.5. The molecule has 0 unspecified atom stereocenters. The Morgan fingerprint density at radius 3 is 1.80 bits per heavy atom. The Balaban J connectivity index is 1.66. The number of rotatable bonds is 2. The summed E-state index contributed by atoms with van der Waals surface area (Å²) in [6.45, 7) is 13.9. The minimum Gasteiger partial charge on any atom is -0.424 e. The van der Waals surface area contributed by atoms with Gasteiger partial charge < -0.3 is 18.6 Å². The lowest BCUT2D eigenvalue weighted by atomic mass is 9.46. The molecule has 2 aliphatic heterocycles. The van der Waals surface area contributed by atoms with Crippen molar-refractivity contribution in [1.29, 1.82) is 0 Å². The van der Waals surface area contributed by atoms with Crippen molar-refractivity contribution < 1.29 is 0 Å². The fraction of sp³-hybridized carbons (Fsp3) is 0.222. The molecular formula is C27H30B3N5. The summed E-state index contributed by atoms with van der Waals surface area (Å²) >= 11 is 0. The van der Waals surface area contributed by atoms with Crippen LogP contribution in [0.15, 0.2) is 73.1 Å². The maximum Gasteiger partial charge on any atom is 0.487 e. The van der Waals surface area contributed by atoms with Gasteiger partial charge in [0.05, 0.1) is 0 Å². The molecule has 4 aromatic rings. The topological polar surface area (TPSA) is 27.5 Å². The summed E-state index contributed by atoms with van der Waals surface area (Å²) in [5.41, 5.74) is 10.2. The first-order valence-corrected chi connectivity index (χ1v) is 12.5. The summed E-state index contributed by atoms with van der Waals surface area (Å²) in [5, 5.41) is 0. The number of fused-ring (bicyclic) bond motifs is 6. The standard InChI is InChI=1S/C27H30B3N5/c1-19-11-9-12-20(2)25(19)34-28(5)33-24-16-8-7-15-23(24)27-31-17-18-32(27)30(33)35(29(34)6)26-21(3)13-10-14-22(26)4/h7-18H,1-6H3. The molecule has 5 nitrogen and oxygen atoms in total. The van der Waals surface area contributed by atoms with Gasteiger partial charge in [-0.05, 0) is 75.7 Å². The van der Waals surface area contributed by atoms with Crippen LogP contribution in [0, 0.1) is 27.7 Å². The highest BCUT2D eigenvalue weighted by Crippen LogP contribution is 2.43. The van der Waals surface area contributed by atoms with Crippen LogP contribution in [0.25, 0.3) is 11.4 Å². The Kier molecular flexibility index (Phi) is 5.03. The molecule has 2 aliphatic rings. The highest BCUT2D eigenvalue weighted by atomic mass is 15.4. The first-order chi connectivity index (χ1) is 16.9. The van der Waals surface area contributed by atoms with Gasteiger partial charge in [-0.3, -0.25) is 0 Å². The van der Waals surface area contributed by atoms with Crippen molar-refractivity contribution in [3.63, 3.8) is 0 Å². The van der Waals surface area contributed by atoms with Crippen LogP contribution in [0.3, 0.4) is 0 Å². The van der Waals surface area contributed by atoms with Crippen molar-refractivity contribution in [2.45, 2.75) is 41.3 Å². The molecule has 1 saturated heterocycles. The highest BCUT2D eigenvalue weighted by Gasteiger charge is 2.55. The number of imidazole rings is 1. The number of hydrogen-bond acceptors (Lipinski definition) is 4. The van der Waals surface area contributed by atoms with Crippen LogP contribution in [0.5, 0.6) is 0 Å². The minimum absolute atomic E-state index is 0.0206. The van der Waals surface area contributed by atoms with Crippen LogP contribution in [-0.2, 0) is 0 Å². The lowest BCUT2D eigenvalue weighted by Crippen LogP contribution is -2.80. The molecule has 0 aliphatic carbocycles. The number of anilines is 3. The van der Waals surface area contributed by atoms with Gasteiger partial charge in [0.1, 0.15) is 5.82 Å². The Bertz CT molecular complexity index is 1390. The van der Waals surface area contributed by atoms with Gasteiger partial charge in [0.2, 0.25) is 0 Å². The molecule has 3 heterocycles. The maximum absolute atomic E-state index is 4.81. The first kappa shape index (κ1) is 22.0. The van der Waals surface area contributed by atoms with E-state index in [1.807, 2.05) is 6.20 Å². The number of benzene rings is 3. The zero-order valence-electron chi connectivity index (χ0n) is 21.4. The third-order valence-corrected chi connectivity index (χ3v) is 7.84. The molecule has 0 amide bonds. The summed E-state index contributed by atoms with van der Waals surface area (Å²) < 4.78 is 10.1. The molecule has 0 atom stereocenters. The Morgan fingerprint density at radius 2 is 1.17 bits per heavy atom. The second kappa shape index (κ2) is 8.01. The van der Waals surface area contributed by atoms with E-state index in [-0.39, 0.29) is 21.1 Å². The summed E-state index contributed by atoms with van der Waals surface area (Å²) in [5.74, 6) is 1.03. The van der Waals surface area contributed by atoms with Gasteiger partial charge >= 0.3 is 21.1 Å². The predicted octanol–water partition coefficient (Wildman–Crippen LogP) is 5.70. The van der Waals surface area contributed by atoms with Crippen molar-refractivity contribution in [1.82, 2.24) is 9.46 Å². The molecule has 0 spiro atoms. The number of aromatic nitrogens is 2. The number of para-hydroxylation sites is 3. The second-order valence-corrected chi connectivity index (χ2v) is 9.99. The van der Waals surface area contributed by atoms with Crippen LogP contribution < -0.4 is 14.2 Å². The van der Waals surface area contributed by atoms with Crippen molar-refractivity contribution in [2.24, 2.45) is 0 Å². The van der Waals surface area contributed by atoms with E-state index in [1.54, 1.807) is 0 Å². The van der Waals surface area contributed by atoms with E-state index >= 15 is 0 Å². The average Bonchev–Trinajstić information content (AvgIpc) is 3.32. The van der Waals surface area contributed by atoms with Gasteiger partial charge in [-0.15, -0.1) is 0 Å². The van der Waals surface area contributed by atoms with Crippen LogP contribution in [-0.4, -0.2) is 30.5 Å². The molecular weight excluding hydrogens is 427 g/mol. The average molecular weight is 457 g/mol. The molecule has 1 aromatic heterocycles. The van der Waals surface area contributed by atoms with E-state index in [4.69, 9.17) is 4.98 Å². The molecule has 35 heavy (non-hydrogen) atoms. The zero-order valence-corrected chi connectivity index (χ0v) is 21.4. The Morgan fingerprint density at radius 1 is 0.629 bits per heavy atom. The van der Waals surface area contributed by atoms with Crippen LogP contribution in [0.4, 0.5) is 17.1 Å². The van der Waals surface area contributed by atoms with Crippen molar-refractivity contribution in [3.05, 3.63) is 95.3 Å². The highest BCUT2D eigenvalue weighted by molar-refractivity contribution is 7.04. The van der Waals surface area contributed by atoms with E-state index in [2.05, 4.69) is 127 Å². The summed E-state index contributed by atoms with van der Waals surface area (Å²) in [6.07, 6.45) is 4.07. The quantitative estimate of drug-likeness (QED) is 0.361. The van der Waals surface area contributed by atoms with Gasteiger partial charge in [0.15, 0.2) is 0 Å². The van der Waals surface area contributed by atoms with Crippen molar-refractivity contribution in [3.8, 4) is 11.4 Å². The molecule has 0 N–H and O–H groups in total. The number of aryl methyl sites for hydroxylation is 4. The molecule has 0 bridgehead atoms. The van der Waals surface area contributed by atoms with E-state index in [1.165, 1.54) is 44.9 Å². The SMILES string of the molecule is CB1N2B(N(c3c(C)cccc3C)B(C)N1c1c(C)cccc1C)n1ccnc1-c1ccccc12. The monoisotopic (exact) mass is 457 g/mol. The van der Waals surface area contributed by atoms with E-state index in [0.29, 0.717) is 0 Å². The van der Waals surface area contributed by atoms with E-state index < -0.39 is 0 Å². The van der Waals surface area contributed by atoms with Gasteiger partial charge in [0.25, 0.3) is 0 Å². The minimum atomic E-state index is -0.0206. The van der Waals surface area contributed by atoms with E-state index in [9.17, 15) is 0 Å². The zero-order chi connectivity index (χ0) is 24.4. The lowest BCUT2D eigenvalue weighted by Gasteiger charge is -2.57. The fourth-order valence-corrected chi connectivity index (χ4v) is 6.39. The Labute approximate surface area is 209 Å². The fourth-order valence-electron chi connectivity index (χ4n) is 6.39. The van der Waals surface area contributed by atoms with E-state index in [0.717, 1.165) is 5.82 Å². The molecule has 172 valence electrons. The maximum atomic E-state index is 4.81. The number of hydrogen-bond donors (Lipinski definition) is 0. The third kappa shape index (κ3) is 3.08. The van der Waals surface area contributed by atoms with Gasteiger partial charge in [-0.1, -0.05) is 48.5 Å². The normalized spacial score (nSPS) is 14.8. The molecule has 1 fully saturated rings. The smallest absolute Gasteiger partial charge is 0.424 e. The van der Waals surface area contributed by atoms with Gasteiger partial charge in [-0.2, -0.15) is 0 Å². The summed E-state index contributed by atoms with van der Waals surface area (Å²) in [4.78, 5) is 4.81. The van der Waals surface area contributed by atoms with Crippen LogP contribution >= 0.6 is 0 Å².